The zero-order valence-corrected chi connectivity index (χ0v) is 28.5. The van der Waals surface area contributed by atoms with Crippen LogP contribution in [0.15, 0.2) is 12.1 Å². The lowest BCUT2D eigenvalue weighted by molar-refractivity contribution is -0.119. The number of rotatable bonds is 13. The third-order valence-corrected chi connectivity index (χ3v) is 9.76. The molecule has 2 aromatic heterocycles. The molecular weight excluding hydrogens is 580 g/mol. The summed E-state index contributed by atoms with van der Waals surface area (Å²) < 4.78 is 11.0. The summed E-state index contributed by atoms with van der Waals surface area (Å²) in [5.41, 5.74) is 5.59. The van der Waals surface area contributed by atoms with Crippen molar-refractivity contribution in [1.82, 2.24) is 9.97 Å². The second kappa shape index (κ2) is 16.5. The lowest BCUT2D eigenvalue weighted by Crippen LogP contribution is -2.37. The van der Waals surface area contributed by atoms with E-state index in [1.807, 2.05) is 25.7 Å². The lowest BCUT2D eigenvalue weighted by atomic mass is 10.0. The fraction of sp³-hybridized carbons (Fsp3) is 0.667. The second-order valence-electron chi connectivity index (χ2n) is 13.3. The predicted molar refractivity (Wildman–Crippen MR) is 184 cm³/mol. The van der Waals surface area contributed by atoms with E-state index in [0.29, 0.717) is 51.7 Å². The molecule has 2 aliphatic heterocycles. The monoisotopic (exact) mass is 634 g/mol. The Labute approximate surface area is 275 Å². The molecule has 46 heavy (non-hydrogen) atoms. The van der Waals surface area contributed by atoms with Crippen molar-refractivity contribution in [3.05, 3.63) is 34.6 Å². The summed E-state index contributed by atoms with van der Waals surface area (Å²) >= 11 is 0. The van der Waals surface area contributed by atoms with Gasteiger partial charge in [0.1, 0.15) is 11.6 Å². The lowest BCUT2D eigenvalue weighted by Gasteiger charge is -2.31. The van der Waals surface area contributed by atoms with E-state index < -0.39 is 0 Å². The van der Waals surface area contributed by atoms with Crippen molar-refractivity contribution in [2.45, 2.75) is 91.9 Å². The molecule has 0 atom stereocenters. The van der Waals surface area contributed by atoms with Gasteiger partial charge in [-0.1, -0.05) is 32.1 Å². The topological polar surface area (TPSA) is 100 Å². The van der Waals surface area contributed by atoms with Gasteiger partial charge in [-0.2, -0.15) is 0 Å². The van der Waals surface area contributed by atoms with Crippen molar-refractivity contribution < 1.29 is 19.1 Å². The molecule has 10 heteroatoms. The van der Waals surface area contributed by atoms with Crippen LogP contribution in [0.25, 0.3) is 0 Å². The summed E-state index contributed by atoms with van der Waals surface area (Å²) in [6, 6.07) is 4.18. The number of amides is 2. The van der Waals surface area contributed by atoms with Crippen molar-refractivity contribution >= 4 is 34.8 Å². The fourth-order valence-electron chi connectivity index (χ4n) is 7.18. The van der Waals surface area contributed by atoms with Crippen LogP contribution in [0.4, 0.5) is 23.0 Å². The van der Waals surface area contributed by atoms with Crippen molar-refractivity contribution in [2.75, 3.05) is 79.2 Å². The summed E-state index contributed by atoms with van der Waals surface area (Å²) in [7, 11) is 0. The number of hydrogen-bond acceptors (Lipinski definition) is 8. The molecule has 1 N–H and O–H groups in total. The number of morpholine rings is 2. The van der Waals surface area contributed by atoms with Crippen LogP contribution < -0.4 is 20.0 Å². The summed E-state index contributed by atoms with van der Waals surface area (Å²) in [6.45, 7) is 14.9. The van der Waals surface area contributed by atoms with E-state index in [2.05, 4.69) is 34.2 Å². The summed E-state index contributed by atoms with van der Waals surface area (Å²) in [5, 5.41) is 3.11. The van der Waals surface area contributed by atoms with E-state index in [-0.39, 0.29) is 11.8 Å². The molecule has 2 amide bonds. The summed E-state index contributed by atoms with van der Waals surface area (Å²) in [4.78, 5) is 42.9. The van der Waals surface area contributed by atoms with Gasteiger partial charge in [-0.3, -0.25) is 9.59 Å². The molecule has 4 heterocycles. The van der Waals surface area contributed by atoms with Crippen molar-refractivity contribution in [3.63, 3.8) is 0 Å². The third-order valence-electron chi connectivity index (χ3n) is 9.76. The van der Waals surface area contributed by atoms with Crippen molar-refractivity contribution in [1.29, 1.82) is 0 Å². The van der Waals surface area contributed by atoms with Crippen LogP contribution >= 0.6 is 0 Å². The van der Waals surface area contributed by atoms with E-state index >= 15 is 0 Å². The number of nitrogens with one attached hydrogen (secondary N) is 1. The Morgan fingerprint density at radius 3 is 1.98 bits per heavy atom. The molecule has 0 spiro atoms. The van der Waals surface area contributed by atoms with Gasteiger partial charge in [0.05, 0.1) is 49.2 Å². The maximum absolute atomic E-state index is 13.7. The van der Waals surface area contributed by atoms with Crippen LogP contribution in [-0.4, -0.2) is 80.9 Å². The zero-order chi connectivity index (χ0) is 32.5. The van der Waals surface area contributed by atoms with Gasteiger partial charge in [0.2, 0.25) is 11.8 Å². The fourth-order valence-corrected chi connectivity index (χ4v) is 7.18. The van der Waals surface area contributed by atoms with Crippen LogP contribution in [0.1, 0.15) is 86.7 Å². The molecule has 252 valence electrons. The quantitative estimate of drug-likeness (QED) is 0.273. The van der Waals surface area contributed by atoms with Crippen LogP contribution in [-0.2, 0) is 19.1 Å². The maximum Gasteiger partial charge on any atom is 0.227 e. The van der Waals surface area contributed by atoms with Gasteiger partial charge in [-0.05, 0) is 76.1 Å². The van der Waals surface area contributed by atoms with Crippen molar-refractivity contribution in [2.24, 2.45) is 5.92 Å². The number of pyridine rings is 2. The van der Waals surface area contributed by atoms with Crippen molar-refractivity contribution in [3.8, 4) is 0 Å². The third kappa shape index (κ3) is 8.97. The number of nitrogens with zero attached hydrogens (tertiary/aromatic N) is 5. The minimum atomic E-state index is 0.00575. The molecule has 3 aliphatic rings. The van der Waals surface area contributed by atoms with E-state index in [1.165, 1.54) is 25.7 Å². The molecule has 0 bridgehead atoms. The highest BCUT2D eigenvalue weighted by atomic mass is 16.5. The van der Waals surface area contributed by atoms with E-state index in [1.54, 1.807) is 0 Å². The van der Waals surface area contributed by atoms with E-state index in [4.69, 9.17) is 19.4 Å². The second-order valence-corrected chi connectivity index (χ2v) is 13.3. The number of aryl methyl sites for hydroxylation is 4. The molecule has 0 aromatic carbocycles. The first-order valence-electron chi connectivity index (χ1n) is 17.5. The average Bonchev–Trinajstić information content (AvgIpc) is 3.58. The molecule has 2 saturated heterocycles. The first kappa shape index (κ1) is 34.1. The SMILES string of the molecule is Cc1cc(N2CCOCC2)nc(C)c1NC(=O)CCCCCN(C(=O)CCC1CCCC1)c1c(C)cc(N2CCOCC2)nc1C. The highest BCUT2D eigenvalue weighted by molar-refractivity contribution is 5.95. The summed E-state index contributed by atoms with van der Waals surface area (Å²) in [6.07, 6.45) is 9.51. The Balaban J connectivity index is 1.16. The molecule has 2 aromatic rings. The Morgan fingerprint density at radius 1 is 0.804 bits per heavy atom. The Hall–Kier alpha value is -3.24. The number of carbonyl (C=O) groups excluding carboxylic acids is 2. The molecule has 0 unspecified atom stereocenters. The minimum absolute atomic E-state index is 0.00575. The largest absolute Gasteiger partial charge is 0.378 e. The Kier molecular flexibility index (Phi) is 12.3. The predicted octanol–water partition coefficient (Wildman–Crippen LogP) is 5.89. The number of anilines is 4. The van der Waals surface area contributed by atoms with Crippen LogP contribution in [0.5, 0.6) is 0 Å². The number of aromatic nitrogens is 2. The average molecular weight is 635 g/mol. The van der Waals surface area contributed by atoms with E-state index in [0.717, 1.165) is 97.4 Å². The molecule has 0 radical (unpaired) electrons. The molecule has 1 saturated carbocycles. The summed E-state index contributed by atoms with van der Waals surface area (Å²) in [5.74, 6) is 2.77. The standard InChI is InChI=1S/C36H54N6O4/c1-26-24-31(40-16-20-45-21-17-40)37-28(3)35(26)39-33(43)12-6-5-9-15-42(34(44)14-13-30-10-7-8-11-30)36-27(2)25-32(38-29(36)4)41-18-22-46-23-19-41/h24-25,30H,5-23H2,1-4H3,(H,39,43). The highest BCUT2D eigenvalue weighted by Crippen LogP contribution is 2.32. The van der Waals surface area contributed by atoms with Gasteiger partial charge in [-0.15, -0.1) is 0 Å². The van der Waals surface area contributed by atoms with Crippen LogP contribution in [0.3, 0.4) is 0 Å². The first-order valence-corrected chi connectivity index (χ1v) is 17.5. The number of hydrogen-bond donors (Lipinski definition) is 1. The first-order chi connectivity index (χ1) is 22.3. The molecule has 3 fully saturated rings. The number of ether oxygens (including phenoxy) is 2. The van der Waals surface area contributed by atoms with Gasteiger partial charge in [0, 0.05) is 45.6 Å². The Bertz CT molecular complexity index is 1290. The van der Waals surface area contributed by atoms with Gasteiger partial charge >= 0.3 is 0 Å². The van der Waals surface area contributed by atoms with Gasteiger partial charge in [-0.25, -0.2) is 9.97 Å². The Morgan fingerprint density at radius 2 is 1.39 bits per heavy atom. The van der Waals surface area contributed by atoms with Crippen LogP contribution in [0.2, 0.25) is 0 Å². The van der Waals surface area contributed by atoms with Crippen LogP contribution in [0, 0.1) is 33.6 Å². The minimum Gasteiger partial charge on any atom is -0.378 e. The number of carbonyl (C=O) groups is 2. The van der Waals surface area contributed by atoms with Gasteiger partial charge in [0.15, 0.2) is 0 Å². The molecule has 5 rings (SSSR count). The normalized spacial score (nSPS) is 17.4. The van der Waals surface area contributed by atoms with Gasteiger partial charge < -0.3 is 29.5 Å². The van der Waals surface area contributed by atoms with Gasteiger partial charge in [0.25, 0.3) is 0 Å². The zero-order valence-electron chi connectivity index (χ0n) is 28.5. The highest BCUT2D eigenvalue weighted by Gasteiger charge is 2.24. The molecule has 1 aliphatic carbocycles. The maximum atomic E-state index is 13.7. The molecular formula is C36H54N6O4. The number of unbranched alkanes of at least 4 members (excludes halogenated alkanes) is 2. The van der Waals surface area contributed by atoms with E-state index in [9.17, 15) is 9.59 Å². The smallest absolute Gasteiger partial charge is 0.227 e. The molecule has 10 nitrogen and oxygen atoms in total.